The number of aromatic nitrogens is 1. The molecule has 2 aliphatic heterocycles. The summed E-state index contributed by atoms with van der Waals surface area (Å²) in [4.78, 5) is 27.3. The molecule has 0 N–H and O–H groups in total. The second-order valence-electron chi connectivity index (χ2n) is 10.8. The van der Waals surface area contributed by atoms with Gasteiger partial charge in [-0.15, -0.1) is 0 Å². The lowest BCUT2D eigenvalue weighted by Crippen LogP contribution is -2.61. The third-order valence-corrected chi connectivity index (χ3v) is 8.77. The monoisotopic (exact) mass is 434 g/mol. The quantitative estimate of drug-likeness (QED) is 0.513. The Balaban J connectivity index is 1.30. The molecule has 0 unspecified atom stereocenters. The minimum absolute atomic E-state index is 0.339. The van der Waals surface area contributed by atoms with Crippen LogP contribution in [0.15, 0.2) is 30.5 Å². The summed E-state index contributed by atoms with van der Waals surface area (Å²) in [6.07, 6.45) is 12.5. The van der Waals surface area contributed by atoms with E-state index in [0.29, 0.717) is 23.7 Å². The smallest absolute Gasteiger partial charge is 0.230 e. The molecule has 1 aromatic carbocycles. The second kappa shape index (κ2) is 8.11. The van der Waals surface area contributed by atoms with Crippen LogP contribution in [0.4, 0.5) is 0 Å². The van der Waals surface area contributed by atoms with Gasteiger partial charge in [0.05, 0.1) is 18.8 Å². The summed E-state index contributed by atoms with van der Waals surface area (Å²) >= 11 is 0. The Morgan fingerprint density at radius 1 is 0.875 bits per heavy atom. The number of carbonyl (C=O) groups excluding carboxylic acids is 2. The number of hydrogen-bond donors (Lipinski definition) is 0. The van der Waals surface area contributed by atoms with E-state index >= 15 is 0 Å². The average molecular weight is 435 g/mol. The molecule has 5 nitrogen and oxygen atoms in total. The summed E-state index contributed by atoms with van der Waals surface area (Å²) < 4.78 is 8.34. The van der Waals surface area contributed by atoms with Crippen LogP contribution in [-0.4, -0.2) is 52.4 Å². The number of morpholine rings is 1. The van der Waals surface area contributed by atoms with Gasteiger partial charge in [-0.05, 0) is 50.0 Å². The molecule has 2 aliphatic carbocycles. The number of benzene rings is 1. The maximum atomic E-state index is 12.6. The number of Topliss-reactive ketones (excluding diaryl/α,β-unsaturated/α-hetero) is 2. The molecule has 4 aliphatic rings. The van der Waals surface area contributed by atoms with Gasteiger partial charge in [-0.2, -0.15) is 0 Å². The van der Waals surface area contributed by atoms with Gasteiger partial charge >= 0.3 is 0 Å². The molecule has 0 radical (unpaired) electrons. The molecule has 3 heterocycles. The fraction of sp³-hybridized carbons (Fsp3) is 0.630. The van der Waals surface area contributed by atoms with Crippen molar-refractivity contribution in [3.63, 3.8) is 0 Å². The first-order valence-corrected chi connectivity index (χ1v) is 12.6. The van der Waals surface area contributed by atoms with Crippen LogP contribution in [0.2, 0.25) is 0 Å². The van der Waals surface area contributed by atoms with Crippen LogP contribution in [0, 0.1) is 11.8 Å². The van der Waals surface area contributed by atoms with Crippen molar-refractivity contribution in [2.24, 2.45) is 11.8 Å². The molecule has 2 aromatic rings. The van der Waals surface area contributed by atoms with Gasteiger partial charge in [-0.1, -0.05) is 37.5 Å². The van der Waals surface area contributed by atoms with Crippen LogP contribution in [-0.2, 0) is 9.53 Å². The lowest BCUT2D eigenvalue weighted by molar-refractivity contribution is -0.118. The summed E-state index contributed by atoms with van der Waals surface area (Å²) in [5.41, 5.74) is 1.62. The Kier molecular flexibility index (Phi) is 5.22. The van der Waals surface area contributed by atoms with Crippen LogP contribution < -0.4 is 0 Å². The minimum atomic E-state index is -0.393. The van der Waals surface area contributed by atoms with E-state index in [4.69, 9.17) is 4.74 Å². The molecule has 6 rings (SSSR count). The van der Waals surface area contributed by atoms with Gasteiger partial charge in [0.15, 0.2) is 5.78 Å². The molecule has 6 atom stereocenters. The zero-order valence-corrected chi connectivity index (χ0v) is 19.0. The van der Waals surface area contributed by atoms with E-state index < -0.39 is 5.78 Å². The number of ether oxygens (including phenoxy) is 1. The number of carbonyl (C=O) groups is 2. The van der Waals surface area contributed by atoms with Crippen molar-refractivity contribution < 1.29 is 14.3 Å². The average Bonchev–Trinajstić information content (AvgIpc) is 3.17. The third kappa shape index (κ3) is 3.45. The molecular weight excluding hydrogens is 400 g/mol. The first-order chi connectivity index (χ1) is 15.6. The number of ketones is 2. The van der Waals surface area contributed by atoms with Crippen LogP contribution in [0.5, 0.6) is 0 Å². The van der Waals surface area contributed by atoms with Crippen molar-refractivity contribution >= 4 is 22.5 Å². The molecule has 2 saturated carbocycles. The van der Waals surface area contributed by atoms with Crippen molar-refractivity contribution in [1.82, 2.24) is 9.47 Å². The van der Waals surface area contributed by atoms with Gasteiger partial charge in [0.1, 0.15) is 0 Å². The van der Waals surface area contributed by atoms with Gasteiger partial charge in [0, 0.05) is 48.2 Å². The number of hydrogen-bond acceptors (Lipinski definition) is 4. The van der Waals surface area contributed by atoms with E-state index in [1.807, 2.05) is 24.4 Å². The molecule has 4 fully saturated rings. The predicted molar refractivity (Wildman–Crippen MR) is 124 cm³/mol. The number of nitrogens with zero attached hydrogens (tertiary/aromatic N) is 2. The van der Waals surface area contributed by atoms with Gasteiger partial charge in [-0.25, -0.2) is 0 Å². The Labute approximate surface area is 190 Å². The van der Waals surface area contributed by atoms with Crippen LogP contribution in [0.3, 0.4) is 0 Å². The maximum absolute atomic E-state index is 12.6. The van der Waals surface area contributed by atoms with E-state index in [1.54, 1.807) is 0 Å². The molecule has 4 bridgehead atoms. The highest BCUT2D eigenvalue weighted by Crippen LogP contribution is 2.46. The van der Waals surface area contributed by atoms with Crippen molar-refractivity contribution in [1.29, 1.82) is 0 Å². The number of piperidine rings is 1. The maximum Gasteiger partial charge on any atom is 0.230 e. The van der Waals surface area contributed by atoms with Crippen molar-refractivity contribution in [2.45, 2.75) is 82.5 Å². The Morgan fingerprint density at radius 2 is 1.56 bits per heavy atom. The highest BCUT2D eigenvalue weighted by atomic mass is 16.5. The number of fused-ring (bicyclic) bond motifs is 5. The van der Waals surface area contributed by atoms with Gasteiger partial charge in [-0.3, -0.25) is 14.5 Å². The molecule has 5 heteroatoms. The van der Waals surface area contributed by atoms with Crippen LogP contribution in [0.25, 0.3) is 10.9 Å². The van der Waals surface area contributed by atoms with Crippen LogP contribution in [0.1, 0.15) is 74.7 Å². The van der Waals surface area contributed by atoms with E-state index in [1.165, 1.54) is 45.4 Å². The first kappa shape index (κ1) is 20.6. The van der Waals surface area contributed by atoms with Crippen molar-refractivity contribution in [2.75, 3.05) is 13.2 Å². The normalized spacial score (nSPS) is 35.0. The van der Waals surface area contributed by atoms with E-state index in [0.717, 1.165) is 54.8 Å². The summed E-state index contributed by atoms with van der Waals surface area (Å²) in [6, 6.07) is 10.0. The Morgan fingerprint density at radius 3 is 2.25 bits per heavy atom. The molecule has 32 heavy (non-hydrogen) atoms. The zero-order chi connectivity index (χ0) is 21.8. The SMILES string of the molecule is CC(=O)C(=O)c1cn([C@H]2C[C@H]3COC[C@@H](C2)N3[C@H]2C[C@@H]3CCC[C@@H](C3)C2)c2ccccc12. The van der Waals surface area contributed by atoms with Crippen LogP contribution >= 0.6 is 0 Å². The Bertz CT molecular complexity index is 1020. The molecular formula is C27H34N2O3. The summed E-state index contributed by atoms with van der Waals surface area (Å²) in [5, 5.41) is 0.900. The van der Waals surface area contributed by atoms with E-state index in [9.17, 15) is 9.59 Å². The summed E-state index contributed by atoms with van der Waals surface area (Å²) in [6.45, 7) is 3.00. The third-order valence-electron chi connectivity index (χ3n) is 8.77. The number of rotatable bonds is 4. The topological polar surface area (TPSA) is 51.5 Å². The fourth-order valence-electron chi connectivity index (χ4n) is 7.55. The summed E-state index contributed by atoms with van der Waals surface area (Å²) in [7, 11) is 0. The molecule has 170 valence electrons. The summed E-state index contributed by atoms with van der Waals surface area (Å²) in [5.74, 6) is 1.09. The lowest BCUT2D eigenvalue weighted by atomic mass is 9.69. The molecule has 2 saturated heterocycles. The predicted octanol–water partition coefficient (Wildman–Crippen LogP) is 4.79. The molecule has 0 spiro atoms. The van der Waals surface area contributed by atoms with Crippen molar-refractivity contribution in [3.05, 3.63) is 36.0 Å². The fourth-order valence-corrected chi connectivity index (χ4v) is 7.55. The largest absolute Gasteiger partial charge is 0.378 e. The van der Waals surface area contributed by atoms with E-state index in [2.05, 4.69) is 15.5 Å². The standard InChI is InChI=1S/C27H34N2O3/c1-17(30)27(31)25-14-28(26-8-3-2-7-24(25)26)20-12-22-15-32-16-23(13-20)29(22)21-10-18-5-4-6-19(9-18)11-21/h2-3,7-8,14,18-23H,4-6,9-13,15-16H2,1H3/t18-,19+,20-,21+,22-,23+. The number of para-hydroxylation sites is 1. The van der Waals surface area contributed by atoms with Gasteiger partial charge in [0.25, 0.3) is 0 Å². The Hall–Kier alpha value is -1.98. The van der Waals surface area contributed by atoms with E-state index in [-0.39, 0.29) is 5.78 Å². The highest BCUT2D eigenvalue weighted by molar-refractivity contribution is 6.45. The minimum Gasteiger partial charge on any atom is -0.378 e. The zero-order valence-electron chi connectivity index (χ0n) is 19.0. The van der Waals surface area contributed by atoms with Crippen molar-refractivity contribution in [3.8, 4) is 0 Å². The molecule has 1 aromatic heterocycles. The highest BCUT2D eigenvalue weighted by Gasteiger charge is 2.45. The molecule has 0 amide bonds. The second-order valence-corrected chi connectivity index (χ2v) is 10.8. The lowest BCUT2D eigenvalue weighted by Gasteiger charge is -2.55. The van der Waals surface area contributed by atoms with Gasteiger partial charge < -0.3 is 9.30 Å². The first-order valence-electron chi connectivity index (χ1n) is 12.6. The van der Waals surface area contributed by atoms with Gasteiger partial charge in [0.2, 0.25) is 5.78 Å².